The van der Waals surface area contributed by atoms with Crippen molar-refractivity contribution in [2.24, 2.45) is 0 Å². The molecule has 1 aliphatic heterocycles. The van der Waals surface area contributed by atoms with Gasteiger partial charge in [0.1, 0.15) is 5.82 Å². The lowest BCUT2D eigenvalue weighted by atomic mass is 10.1. The predicted molar refractivity (Wildman–Crippen MR) is 131 cm³/mol. The Bertz CT molecular complexity index is 1250. The number of fused-ring (bicyclic) bond motifs is 1. The van der Waals surface area contributed by atoms with Crippen LogP contribution in [-0.4, -0.2) is 38.7 Å². The first kappa shape index (κ1) is 21.3. The smallest absolute Gasteiger partial charge is 0.225 e. The highest BCUT2D eigenvalue weighted by Crippen LogP contribution is 2.27. The van der Waals surface area contributed by atoms with Gasteiger partial charge in [0.15, 0.2) is 0 Å². The predicted octanol–water partition coefficient (Wildman–Crippen LogP) is 4.76. The van der Waals surface area contributed by atoms with E-state index in [9.17, 15) is 4.79 Å². The molecule has 0 spiro atoms. The molecule has 1 atom stereocenters. The summed E-state index contributed by atoms with van der Waals surface area (Å²) in [5, 5.41) is 8.91. The Balaban J connectivity index is 1.20. The molecule has 0 bridgehead atoms. The second-order valence-corrected chi connectivity index (χ2v) is 8.86. The molecule has 1 fully saturated rings. The molecule has 33 heavy (non-hydrogen) atoms. The third kappa shape index (κ3) is 5.12. The molecule has 5 rings (SSSR count). The van der Waals surface area contributed by atoms with Crippen molar-refractivity contribution in [3.8, 4) is 0 Å². The molecule has 6 nitrogen and oxygen atoms in total. The minimum absolute atomic E-state index is 0.00319. The lowest BCUT2D eigenvalue weighted by Gasteiger charge is -2.18. The van der Waals surface area contributed by atoms with E-state index in [1.165, 1.54) is 5.56 Å². The van der Waals surface area contributed by atoms with Crippen molar-refractivity contribution in [3.63, 3.8) is 0 Å². The Labute approximate surface area is 194 Å². The van der Waals surface area contributed by atoms with E-state index in [2.05, 4.69) is 51.6 Å². The van der Waals surface area contributed by atoms with Crippen LogP contribution in [0.4, 0.5) is 5.82 Å². The monoisotopic (exact) mass is 439 g/mol. The number of nitrogens with zero attached hydrogens (tertiary/aromatic N) is 4. The molecule has 1 unspecified atom stereocenters. The molecule has 0 aliphatic carbocycles. The number of benzene rings is 2. The molecule has 0 radical (unpaired) electrons. The fourth-order valence-corrected chi connectivity index (χ4v) is 4.60. The fraction of sp³-hybridized carbons (Fsp3) is 0.296. The third-order valence-corrected chi connectivity index (χ3v) is 6.26. The number of nitrogens with one attached hydrogen (secondary N) is 1. The molecule has 0 saturated carbocycles. The number of anilines is 1. The number of likely N-dealkylation sites (tertiary alicyclic amines) is 1. The number of aromatic nitrogens is 3. The summed E-state index contributed by atoms with van der Waals surface area (Å²) in [5.74, 6) is 0.796. The summed E-state index contributed by atoms with van der Waals surface area (Å²) in [4.78, 5) is 19.7. The second-order valence-electron chi connectivity index (χ2n) is 8.86. The summed E-state index contributed by atoms with van der Waals surface area (Å²) < 4.78 is 2.01. The van der Waals surface area contributed by atoms with Gasteiger partial charge in [0.25, 0.3) is 0 Å². The van der Waals surface area contributed by atoms with Crippen LogP contribution in [0.25, 0.3) is 10.9 Å². The molecule has 2 aromatic heterocycles. The van der Waals surface area contributed by atoms with E-state index in [0.717, 1.165) is 54.0 Å². The van der Waals surface area contributed by atoms with Gasteiger partial charge in [0.2, 0.25) is 5.91 Å². The number of aryl methyl sites for hydroxylation is 2. The average Bonchev–Trinajstić information content (AvgIpc) is 3.44. The Morgan fingerprint density at radius 3 is 2.76 bits per heavy atom. The summed E-state index contributed by atoms with van der Waals surface area (Å²) in [6, 6.07) is 22.9. The first-order chi connectivity index (χ1) is 16.1. The Hall–Kier alpha value is -3.51. The van der Waals surface area contributed by atoms with E-state index in [1.54, 1.807) is 0 Å². The fourth-order valence-electron chi connectivity index (χ4n) is 4.60. The number of pyridine rings is 1. The van der Waals surface area contributed by atoms with Crippen molar-refractivity contribution >= 4 is 22.6 Å². The van der Waals surface area contributed by atoms with E-state index in [1.807, 2.05) is 48.1 Å². The van der Waals surface area contributed by atoms with Gasteiger partial charge in [-0.25, -0.2) is 4.68 Å². The van der Waals surface area contributed by atoms with Crippen LogP contribution in [0.3, 0.4) is 0 Å². The van der Waals surface area contributed by atoms with Gasteiger partial charge in [-0.2, -0.15) is 5.10 Å². The van der Waals surface area contributed by atoms with E-state index in [0.29, 0.717) is 12.8 Å². The van der Waals surface area contributed by atoms with Crippen LogP contribution in [0.1, 0.15) is 35.7 Å². The maximum absolute atomic E-state index is 12.7. The topological polar surface area (TPSA) is 63.1 Å². The van der Waals surface area contributed by atoms with Crippen LogP contribution in [-0.2, 0) is 17.8 Å². The minimum Gasteiger partial charge on any atom is -0.311 e. The molecular weight excluding hydrogens is 410 g/mol. The number of carbonyl (C=O) groups is 1. The summed E-state index contributed by atoms with van der Waals surface area (Å²) in [5.41, 5.74) is 4.29. The molecule has 3 heterocycles. The van der Waals surface area contributed by atoms with Crippen LogP contribution >= 0.6 is 0 Å². The number of para-hydroxylation sites is 1. The number of rotatable bonds is 7. The van der Waals surface area contributed by atoms with Crippen LogP contribution < -0.4 is 5.32 Å². The zero-order valence-corrected chi connectivity index (χ0v) is 18.9. The van der Waals surface area contributed by atoms with Gasteiger partial charge in [-0.1, -0.05) is 48.5 Å². The molecule has 6 heteroatoms. The molecule has 1 saturated heterocycles. The maximum Gasteiger partial charge on any atom is 0.225 e. The highest BCUT2D eigenvalue weighted by atomic mass is 16.1. The molecule has 1 N–H and O–H groups in total. The van der Waals surface area contributed by atoms with Crippen LogP contribution in [0, 0.1) is 6.92 Å². The number of carbonyl (C=O) groups excluding carboxylic acids is 1. The third-order valence-electron chi connectivity index (χ3n) is 6.26. The van der Waals surface area contributed by atoms with Crippen molar-refractivity contribution in [2.75, 3.05) is 18.4 Å². The summed E-state index contributed by atoms with van der Waals surface area (Å²) in [7, 11) is 0. The number of hydrogen-bond acceptors (Lipinski definition) is 4. The van der Waals surface area contributed by atoms with Gasteiger partial charge in [0.05, 0.1) is 17.3 Å². The lowest BCUT2D eigenvalue weighted by molar-refractivity contribution is -0.116. The lowest BCUT2D eigenvalue weighted by Crippen LogP contribution is -2.23. The van der Waals surface area contributed by atoms with E-state index in [4.69, 9.17) is 5.10 Å². The van der Waals surface area contributed by atoms with Crippen LogP contribution in [0.5, 0.6) is 0 Å². The quantitative estimate of drug-likeness (QED) is 0.451. The van der Waals surface area contributed by atoms with E-state index < -0.39 is 0 Å². The molecule has 2 aromatic carbocycles. The van der Waals surface area contributed by atoms with Crippen molar-refractivity contribution < 1.29 is 4.79 Å². The van der Waals surface area contributed by atoms with Gasteiger partial charge >= 0.3 is 0 Å². The van der Waals surface area contributed by atoms with Gasteiger partial charge in [-0.3, -0.25) is 14.7 Å². The van der Waals surface area contributed by atoms with Crippen molar-refractivity contribution in [1.82, 2.24) is 19.7 Å². The Kier molecular flexibility index (Phi) is 6.17. The molecule has 1 aliphatic rings. The largest absolute Gasteiger partial charge is 0.311 e. The Morgan fingerprint density at radius 1 is 1.06 bits per heavy atom. The van der Waals surface area contributed by atoms with Crippen molar-refractivity contribution in [1.29, 1.82) is 0 Å². The van der Waals surface area contributed by atoms with Gasteiger partial charge in [-0.15, -0.1) is 0 Å². The zero-order valence-electron chi connectivity index (χ0n) is 18.9. The number of hydrogen-bond donors (Lipinski definition) is 1. The SMILES string of the molecule is Cc1cc(NC(=O)CCc2cnc3ccccc3c2)n(C2CCN(Cc3ccccc3)C2)n1. The van der Waals surface area contributed by atoms with E-state index in [-0.39, 0.29) is 11.9 Å². The minimum atomic E-state index is 0.00319. The van der Waals surface area contributed by atoms with Crippen molar-refractivity contribution in [3.05, 3.63) is 89.7 Å². The molecular formula is C27H29N5O. The second kappa shape index (κ2) is 9.55. The standard InChI is InChI=1S/C27H29N5O/c1-20-15-26(29-27(33)12-11-22-16-23-9-5-6-10-25(23)28-17-22)32(30-20)24-13-14-31(19-24)18-21-7-3-2-4-8-21/h2-10,15-17,24H,11-14,18-19H2,1H3,(H,29,33). The first-order valence-electron chi connectivity index (χ1n) is 11.6. The Morgan fingerprint density at radius 2 is 1.88 bits per heavy atom. The normalized spacial score (nSPS) is 16.3. The first-order valence-corrected chi connectivity index (χ1v) is 11.6. The molecule has 4 aromatic rings. The van der Waals surface area contributed by atoms with Gasteiger partial charge in [-0.05, 0) is 43.0 Å². The van der Waals surface area contributed by atoms with Gasteiger partial charge in [0, 0.05) is 43.7 Å². The van der Waals surface area contributed by atoms with E-state index >= 15 is 0 Å². The summed E-state index contributed by atoms with van der Waals surface area (Å²) >= 11 is 0. The number of amides is 1. The van der Waals surface area contributed by atoms with Crippen LogP contribution in [0.15, 0.2) is 72.9 Å². The highest BCUT2D eigenvalue weighted by Gasteiger charge is 2.26. The highest BCUT2D eigenvalue weighted by molar-refractivity contribution is 5.90. The van der Waals surface area contributed by atoms with Crippen LogP contribution in [0.2, 0.25) is 0 Å². The molecule has 168 valence electrons. The average molecular weight is 440 g/mol. The maximum atomic E-state index is 12.7. The molecule has 1 amide bonds. The zero-order chi connectivity index (χ0) is 22.6. The summed E-state index contributed by atoms with van der Waals surface area (Å²) in [6.45, 7) is 4.88. The van der Waals surface area contributed by atoms with Crippen molar-refractivity contribution in [2.45, 2.75) is 38.8 Å². The van der Waals surface area contributed by atoms with Gasteiger partial charge < -0.3 is 5.32 Å². The summed E-state index contributed by atoms with van der Waals surface area (Å²) in [6.07, 6.45) is 3.96.